The lowest BCUT2D eigenvalue weighted by Crippen LogP contribution is -2.19. The monoisotopic (exact) mass is 256 g/mol. The van der Waals surface area contributed by atoms with Gasteiger partial charge in [-0.25, -0.2) is 5.43 Å². The Morgan fingerprint density at radius 3 is 2.63 bits per heavy atom. The van der Waals surface area contributed by atoms with Crippen LogP contribution in [0.1, 0.15) is 34.4 Å². The standard InChI is InChI=1S/C15H16N2O2/c1-10-5-4-6-13(9-10)15(18)17-16-12(3)14-8-7-11(2)19-14/h4-9H,1-3H3,(H,17,18)/b16-12+. The Kier molecular flexibility index (Phi) is 3.80. The van der Waals surface area contributed by atoms with E-state index in [2.05, 4.69) is 10.5 Å². The number of nitrogens with one attached hydrogen (secondary N) is 1. The Morgan fingerprint density at radius 1 is 1.21 bits per heavy atom. The van der Waals surface area contributed by atoms with E-state index in [-0.39, 0.29) is 5.91 Å². The third-order valence-electron chi connectivity index (χ3n) is 2.70. The van der Waals surface area contributed by atoms with Crippen molar-refractivity contribution in [1.82, 2.24) is 5.43 Å². The van der Waals surface area contributed by atoms with Gasteiger partial charge in [0.1, 0.15) is 17.2 Å². The van der Waals surface area contributed by atoms with E-state index in [1.807, 2.05) is 44.2 Å². The first-order valence-corrected chi connectivity index (χ1v) is 6.04. The second kappa shape index (κ2) is 5.52. The molecule has 0 aliphatic carbocycles. The molecule has 1 aromatic heterocycles. The zero-order valence-corrected chi connectivity index (χ0v) is 11.2. The number of rotatable bonds is 3. The first-order valence-electron chi connectivity index (χ1n) is 6.04. The summed E-state index contributed by atoms with van der Waals surface area (Å²) in [5.74, 6) is 1.24. The van der Waals surface area contributed by atoms with Crippen molar-refractivity contribution in [2.24, 2.45) is 5.10 Å². The van der Waals surface area contributed by atoms with Gasteiger partial charge in [-0.1, -0.05) is 17.7 Å². The Labute approximate surface area is 112 Å². The molecule has 19 heavy (non-hydrogen) atoms. The highest BCUT2D eigenvalue weighted by atomic mass is 16.3. The maximum absolute atomic E-state index is 11.9. The molecular weight excluding hydrogens is 240 g/mol. The zero-order chi connectivity index (χ0) is 13.8. The second-order valence-corrected chi connectivity index (χ2v) is 4.42. The molecular formula is C15H16N2O2. The van der Waals surface area contributed by atoms with E-state index >= 15 is 0 Å². The molecule has 4 heteroatoms. The van der Waals surface area contributed by atoms with Gasteiger partial charge in [0.2, 0.25) is 0 Å². The van der Waals surface area contributed by atoms with Gasteiger partial charge in [0.05, 0.1) is 0 Å². The number of nitrogens with zero attached hydrogens (tertiary/aromatic N) is 1. The SMILES string of the molecule is C/C(=N\NC(=O)c1cccc(C)c1)c1ccc(C)o1. The molecule has 0 fully saturated rings. The topological polar surface area (TPSA) is 54.6 Å². The van der Waals surface area contributed by atoms with E-state index in [1.165, 1.54) is 0 Å². The summed E-state index contributed by atoms with van der Waals surface area (Å²) in [6.45, 7) is 5.59. The van der Waals surface area contributed by atoms with Crippen LogP contribution in [0.5, 0.6) is 0 Å². The van der Waals surface area contributed by atoms with Gasteiger partial charge in [-0.3, -0.25) is 4.79 Å². The van der Waals surface area contributed by atoms with E-state index in [4.69, 9.17) is 4.42 Å². The van der Waals surface area contributed by atoms with Gasteiger partial charge in [-0.2, -0.15) is 5.10 Å². The summed E-state index contributed by atoms with van der Waals surface area (Å²) < 4.78 is 5.42. The zero-order valence-electron chi connectivity index (χ0n) is 11.2. The molecule has 1 amide bonds. The average molecular weight is 256 g/mol. The number of amides is 1. The van der Waals surface area contributed by atoms with Crippen molar-refractivity contribution < 1.29 is 9.21 Å². The van der Waals surface area contributed by atoms with Crippen LogP contribution < -0.4 is 5.43 Å². The highest BCUT2D eigenvalue weighted by Crippen LogP contribution is 2.07. The van der Waals surface area contributed by atoms with Crippen molar-refractivity contribution >= 4 is 11.6 Å². The average Bonchev–Trinajstić information content (AvgIpc) is 2.82. The van der Waals surface area contributed by atoms with Gasteiger partial charge >= 0.3 is 0 Å². The van der Waals surface area contributed by atoms with Crippen molar-refractivity contribution in [2.75, 3.05) is 0 Å². The summed E-state index contributed by atoms with van der Waals surface area (Å²) in [6.07, 6.45) is 0. The molecule has 2 aromatic rings. The van der Waals surface area contributed by atoms with Gasteiger partial charge in [0, 0.05) is 5.56 Å². The van der Waals surface area contributed by atoms with Crippen LogP contribution in [0.4, 0.5) is 0 Å². The minimum Gasteiger partial charge on any atom is -0.460 e. The highest BCUT2D eigenvalue weighted by Gasteiger charge is 2.06. The molecule has 0 spiro atoms. The van der Waals surface area contributed by atoms with Crippen LogP contribution in [-0.4, -0.2) is 11.6 Å². The van der Waals surface area contributed by atoms with Crippen molar-refractivity contribution in [3.63, 3.8) is 0 Å². The van der Waals surface area contributed by atoms with Crippen LogP contribution in [0, 0.1) is 13.8 Å². The van der Waals surface area contributed by atoms with Gasteiger partial charge in [-0.05, 0) is 45.0 Å². The van der Waals surface area contributed by atoms with Crippen molar-refractivity contribution in [1.29, 1.82) is 0 Å². The molecule has 98 valence electrons. The van der Waals surface area contributed by atoms with E-state index in [9.17, 15) is 4.79 Å². The lowest BCUT2D eigenvalue weighted by Gasteiger charge is -2.02. The number of hydrogen-bond donors (Lipinski definition) is 1. The molecule has 4 nitrogen and oxygen atoms in total. The van der Waals surface area contributed by atoms with Gasteiger partial charge in [-0.15, -0.1) is 0 Å². The summed E-state index contributed by atoms with van der Waals surface area (Å²) in [5.41, 5.74) is 4.78. The van der Waals surface area contributed by atoms with E-state index in [0.717, 1.165) is 11.3 Å². The molecule has 0 saturated heterocycles. The summed E-state index contributed by atoms with van der Waals surface area (Å²) >= 11 is 0. The molecule has 0 atom stereocenters. The third kappa shape index (κ3) is 3.31. The van der Waals surface area contributed by atoms with Crippen LogP contribution in [0.2, 0.25) is 0 Å². The molecule has 0 unspecified atom stereocenters. The number of hydrogen-bond acceptors (Lipinski definition) is 3. The van der Waals surface area contributed by atoms with Crippen molar-refractivity contribution in [2.45, 2.75) is 20.8 Å². The molecule has 0 aliphatic rings. The number of hydrazone groups is 1. The minimum atomic E-state index is -0.230. The highest BCUT2D eigenvalue weighted by molar-refractivity contribution is 5.99. The fourth-order valence-corrected chi connectivity index (χ4v) is 1.67. The predicted molar refractivity (Wildman–Crippen MR) is 74.3 cm³/mol. The summed E-state index contributed by atoms with van der Waals surface area (Å²) in [5, 5.41) is 4.04. The molecule has 1 N–H and O–H groups in total. The molecule has 0 aliphatic heterocycles. The van der Waals surface area contributed by atoms with Gasteiger partial charge in [0.15, 0.2) is 0 Å². The minimum absolute atomic E-state index is 0.230. The predicted octanol–water partition coefficient (Wildman–Crippen LogP) is 3.05. The van der Waals surface area contributed by atoms with Crippen LogP contribution in [0.25, 0.3) is 0 Å². The summed E-state index contributed by atoms with van der Waals surface area (Å²) in [4.78, 5) is 11.9. The Bertz CT molecular complexity index is 627. The van der Waals surface area contributed by atoms with Crippen molar-refractivity contribution in [3.8, 4) is 0 Å². The fourth-order valence-electron chi connectivity index (χ4n) is 1.67. The smallest absolute Gasteiger partial charge is 0.271 e. The van der Waals surface area contributed by atoms with E-state index in [1.54, 1.807) is 13.0 Å². The van der Waals surface area contributed by atoms with Crippen LogP contribution in [-0.2, 0) is 0 Å². The fraction of sp³-hybridized carbons (Fsp3) is 0.200. The lowest BCUT2D eigenvalue weighted by atomic mass is 10.1. The van der Waals surface area contributed by atoms with Crippen LogP contribution >= 0.6 is 0 Å². The Balaban J connectivity index is 2.07. The first-order chi connectivity index (χ1) is 9.06. The summed E-state index contributed by atoms with van der Waals surface area (Å²) in [6, 6.07) is 11.0. The van der Waals surface area contributed by atoms with E-state index < -0.39 is 0 Å². The van der Waals surface area contributed by atoms with Gasteiger partial charge in [0.25, 0.3) is 5.91 Å². The number of aryl methyl sites for hydroxylation is 2. The molecule has 1 heterocycles. The van der Waals surface area contributed by atoms with Gasteiger partial charge < -0.3 is 4.42 Å². The normalized spacial score (nSPS) is 11.4. The molecule has 1 aromatic carbocycles. The van der Waals surface area contributed by atoms with Crippen LogP contribution in [0.3, 0.4) is 0 Å². The number of furan rings is 1. The second-order valence-electron chi connectivity index (χ2n) is 4.42. The molecule has 2 rings (SSSR count). The van der Waals surface area contributed by atoms with Crippen LogP contribution in [0.15, 0.2) is 45.9 Å². The third-order valence-corrected chi connectivity index (χ3v) is 2.70. The molecule has 0 radical (unpaired) electrons. The largest absolute Gasteiger partial charge is 0.460 e. The maximum Gasteiger partial charge on any atom is 0.271 e. The number of carbonyl (C=O) groups excluding carboxylic acids is 1. The Hall–Kier alpha value is -2.36. The number of benzene rings is 1. The Morgan fingerprint density at radius 2 is 2.00 bits per heavy atom. The lowest BCUT2D eigenvalue weighted by molar-refractivity contribution is 0.0954. The maximum atomic E-state index is 11.9. The first kappa shape index (κ1) is 13.1. The molecule has 0 saturated carbocycles. The van der Waals surface area contributed by atoms with Crippen molar-refractivity contribution in [3.05, 3.63) is 59.0 Å². The number of carbonyl (C=O) groups is 1. The van der Waals surface area contributed by atoms with E-state index in [0.29, 0.717) is 17.0 Å². The quantitative estimate of drug-likeness (QED) is 0.677. The summed E-state index contributed by atoms with van der Waals surface area (Å²) in [7, 11) is 0. The molecule has 0 bridgehead atoms.